The van der Waals surface area contributed by atoms with Crippen molar-refractivity contribution in [2.45, 2.75) is 19.8 Å². The highest BCUT2D eigenvalue weighted by Gasteiger charge is 2.17. The lowest BCUT2D eigenvalue weighted by Crippen LogP contribution is -2.03. The molecule has 0 fully saturated rings. The molecule has 20 heavy (non-hydrogen) atoms. The maximum Gasteiger partial charge on any atom is 0.152 e. The Balaban J connectivity index is 2.43. The van der Waals surface area contributed by atoms with Gasteiger partial charge in [-0.1, -0.05) is 13.8 Å². The minimum absolute atomic E-state index is 0.128. The maximum atomic E-state index is 13.8. The number of hydrogen-bond acceptors (Lipinski definition) is 3. The Morgan fingerprint density at radius 1 is 1.30 bits per heavy atom. The largest absolute Gasteiger partial charge is 0.394 e. The first-order valence-corrected chi connectivity index (χ1v) is 6.84. The van der Waals surface area contributed by atoms with Gasteiger partial charge >= 0.3 is 0 Å². The van der Waals surface area contributed by atoms with Gasteiger partial charge in [0.2, 0.25) is 0 Å². The number of nitrogens with two attached hydrogens (primary N) is 1. The molecule has 7 heteroatoms. The summed E-state index contributed by atoms with van der Waals surface area (Å²) in [6, 6.07) is 2.13. The number of halogens is 3. The fourth-order valence-electron chi connectivity index (χ4n) is 1.88. The van der Waals surface area contributed by atoms with Crippen LogP contribution in [0.5, 0.6) is 0 Å². The highest BCUT2D eigenvalue weighted by Crippen LogP contribution is 2.32. The predicted molar refractivity (Wildman–Crippen MR) is 79.1 cm³/mol. The molecule has 2 rings (SSSR count). The van der Waals surface area contributed by atoms with Gasteiger partial charge in [0, 0.05) is 13.1 Å². The standard InChI is InChI=1S/C13H15BrF2N4/c1-6(2)12-11(17)13(20(3)19-12)18-10-4-7(14)8(15)5-9(10)16/h4-6,18H,17H2,1-3H3. The quantitative estimate of drug-likeness (QED) is 0.830. The first-order chi connectivity index (χ1) is 9.31. The normalized spacial score (nSPS) is 11.2. The summed E-state index contributed by atoms with van der Waals surface area (Å²) < 4.78 is 28.7. The minimum atomic E-state index is -0.697. The van der Waals surface area contributed by atoms with Crippen molar-refractivity contribution in [1.29, 1.82) is 0 Å². The Morgan fingerprint density at radius 2 is 1.95 bits per heavy atom. The van der Waals surface area contributed by atoms with E-state index in [4.69, 9.17) is 5.73 Å². The van der Waals surface area contributed by atoms with Crippen LogP contribution in [0.3, 0.4) is 0 Å². The fourth-order valence-corrected chi connectivity index (χ4v) is 2.23. The molecule has 3 N–H and O–H groups in total. The highest BCUT2D eigenvalue weighted by molar-refractivity contribution is 9.10. The maximum absolute atomic E-state index is 13.8. The van der Waals surface area contributed by atoms with Crippen LogP contribution in [0.2, 0.25) is 0 Å². The van der Waals surface area contributed by atoms with E-state index in [-0.39, 0.29) is 16.1 Å². The zero-order valence-corrected chi connectivity index (χ0v) is 12.9. The molecule has 0 bridgehead atoms. The molecule has 0 saturated heterocycles. The number of nitrogens with zero attached hydrogens (tertiary/aromatic N) is 2. The second kappa shape index (κ2) is 5.40. The second-order valence-corrected chi connectivity index (χ2v) is 5.65. The van der Waals surface area contributed by atoms with Crippen LogP contribution in [0.25, 0.3) is 0 Å². The van der Waals surface area contributed by atoms with Gasteiger partial charge in [0.05, 0.1) is 21.5 Å². The van der Waals surface area contributed by atoms with Crippen molar-refractivity contribution in [3.05, 3.63) is 33.9 Å². The summed E-state index contributed by atoms with van der Waals surface area (Å²) in [5, 5.41) is 7.15. The number of benzene rings is 1. The fraction of sp³-hybridized carbons (Fsp3) is 0.308. The summed E-state index contributed by atoms with van der Waals surface area (Å²) >= 11 is 3.02. The number of nitrogen functional groups attached to an aromatic ring is 1. The molecule has 1 aromatic carbocycles. The number of rotatable bonds is 3. The van der Waals surface area contributed by atoms with E-state index in [1.54, 1.807) is 11.7 Å². The van der Waals surface area contributed by atoms with Gasteiger partial charge in [-0.2, -0.15) is 5.10 Å². The van der Waals surface area contributed by atoms with E-state index in [1.807, 2.05) is 13.8 Å². The Hall–Kier alpha value is -1.63. The Bertz CT molecular complexity index is 652. The molecule has 0 radical (unpaired) electrons. The molecule has 0 spiro atoms. The first-order valence-electron chi connectivity index (χ1n) is 6.05. The number of hydrogen-bond donors (Lipinski definition) is 2. The molecule has 0 aliphatic heterocycles. The van der Waals surface area contributed by atoms with E-state index < -0.39 is 11.6 Å². The van der Waals surface area contributed by atoms with Gasteiger partial charge in [-0.25, -0.2) is 8.78 Å². The molecule has 1 aromatic heterocycles. The van der Waals surface area contributed by atoms with Crippen molar-refractivity contribution in [3.8, 4) is 0 Å². The number of nitrogens with one attached hydrogen (secondary N) is 1. The average molecular weight is 345 g/mol. The van der Waals surface area contributed by atoms with Crippen molar-refractivity contribution < 1.29 is 8.78 Å². The summed E-state index contributed by atoms with van der Waals surface area (Å²) in [5.41, 5.74) is 7.34. The van der Waals surface area contributed by atoms with Crippen LogP contribution in [0, 0.1) is 11.6 Å². The van der Waals surface area contributed by atoms with Crippen molar-refractivity contribution in [1.82, 2.24) is 9.78 Å². The molecular weight excluding hydrogens is 330 g/mol. The van der Waals surface area contributed by atoms with Crippen molar-refractivity contribution in [3.63, 3.8) is 0 Å². The van der Waals surface area contributed by atoms with Gasteiger partial charge in [0.1, 0.15) is 11.6 Å². The molecule has 2 aromatic rings. The van der Waals surface area contributed by atoms with Crippen LogP contribution in [-0.4, -0.2) is 9.78 Å². The highest BCUT2D eigenvalue weighted by atomic mass is 79.9. The zero-order chi connectivity index (χ0) is 15.0. The smallest absolute Gasteiger partial charge is 0.152 e. The monoisotopic (exact) mass is 344 g/mol. The molecule has 4 nitrogen and oxygen atoms in total. The molecule has 108 valence electrons. The molecular formula is C13H15BrF2N4. The van der Waals surface area contributed by atoms with Gasteiger partial charge in [0.25, 0.3) is 0 Å². The molecule has 0 aliphatic rings. The number of aromatic nitrogens is 2. The van der Waals surface area contributed by atoms with Gasteiger partial charge in [-0.15, -0.1) is 0 Å². The number of anilines is 3. The summed E-state index contributed by atoms with van der Waals surface area (Å²) in [5.74, 6) is -0.723. The Kier molecular flexibility index (Phi) is 3.99. The third-order valence-corrected chi connectivity index (χ3v) is 3.53. The van der Waals surface area contributed by atoms with E-state index in [1.165, 1.54) is 6.07 Å². The van der Waals surface area contributed by atoms with Crippen LogP contribution in [-0.2, 0) is 7.05 Å². The van der Waals surface area contributed by atoms with Crippen molar-refractivity contribution in [2.75, 3.05) is 11.1 Å². The first kappa shape index (κ1) is 14.8. The summed E-state index contributed by atoms with van der Waals surface area (Å²) in [6.45, 7) is 3.94. The van der Waals surface area contributed by atoms with Crippen molar-refractivity contribution >= 4 is 33.1 Å². The molecule has 0 amide bonds. The molecule has 0 aliphatic carbocycles. The predicted octanol–water partition coefficient (Wildman–Crippen LogP) is 3.91. The van der Waals surface area contributed by atoms with E-state index in [2.05, 4.69) is 26.3 Å². The van der Waals surface area contributed by atoms with E-state index in [0.717, 1.165) is 11.8 Å². The topological polar surface area (TPSA) is 55.9 Å². The second-order valence-electron chi connectivity index (χ2n) is 4.80. The van der Waals surface area contributed by atoms with Crippen LogP contribution in [0.15, 0.2) is 16.6 Å². The van der Waals surface area contributed by atoms with E-state index in [0.29, 0.717) is 11.5 Å². The van der Waals surface area contributed by atoms with Crippen molar-refractivity contribution in [2.24, 2.45) is 7.05 Å². The van der Waals surface area contributed by atoms with E-state index >= 15 is 0 Å². The third kappa shape index (κ3) is 2.63. The lowest BCUT2D eigenvalue weighted by atomic mass is 10.1. The lowest BCUT2D eigenvalue weighted by Gasteiger charge is -2.10. The Morgan fingerprint density at radius 3 is 2.50 bits per heavy atom. The number of aryl methyl sites for hydroxylation is 1. The van der Waals surface area contributed by atoms with Gasteiger partial charge in [-0.05, 0) is 27.9 Å². The van der Waals surface area contributed by atoms with Gasteiger partial charge < -0.3 is 11.1 Å². The minimum Gasteiger partial charge on any atom is -0.394 e. The van der Waals surface area contributed by atoms with Gasteiger partial charge in [0.15, 0.2) is 5.82 Å². The average Bonchev–Trinajstić information content (AvgIpc) is 2.63. The molecule has 0 atom stereocenters. The Labute approximate surface area is 124 Å². The van der Waals surface area contributed by atoms with Gasteiger partial charge in [-0.3, -0.25) is 4.68 Å². The summed E-state index contributed by atoms with van der Waals surface area (Å²) in [4.78, 5) is 0. The van der Waals surface area contributed by atoms with E-state index in [9.17, 15) is 8.78 Å². The summed E-state index contributed by atoms with van der Waals surface area (Å²) in [7, 11) is 1.71. The lowest BCUT2D eigenvalue weighted by molar-refractivity contribution is 0.581. The molecule has 1 heterocycles. The third-order valence-electron chi connectivity index (χ3n) is 2.92. The van der Waals surface area contributed by atoms with Crippen LogP contribution >= 0.6 is 15.9 Å². The molecule has 0 unspecified atom stereocenters. The van der Waals surface area contributed by atoms with Crippen LogP contribution in [0.1, 0.15) is 25.5 Å². The van der Waals surface area contributed by atoms with Crippen LogP contribution in [0.4, 0.5) is 26.0 Å². The molecule has 0 saturated carbocycles. The zero-order valence-electron chi connectivity index (χ0n) is 11.3. The summed E-state index contributed by atoms with van der Waals surface area (Å²) in [6.07, 6.45) is 0. The van der Waals surface area contributed by atoms with Crippen LogP contribution < -0.4 is 11.1 Å². The SMILES string of the molecule is CC(C)c1nn(C)c(Nc2cc(Br)c(F)cc2F)c1N.